The van der Waals surface area contributed by atoms with Gasteiger partial charge in [0.05, 0.1) is 30.1 Å². The Morgan fingerprint density at radius 1 is 1.09 bits per heavy atom. The smallest absolute Gasteiger partial charge is 0.169 e. The quantitative estimate of drug-likeness (QED) is 0.485. The molecule has 0 atom stereocenters. The molecule has 4 nitrogen and oxygen atoms in total. The van der Waals surface area contributed by atoms with E-state index in [-0.39, 0.29) is 0 Å². The molecule has 0 bridgehead atoms. The van der Waals surface area contributed by atoms with Crippen molar-refractivity contribution in [2.24, 2.45) is 0 Å². The molecule has 3 rings (SSSR count). The summed E-state index contributed by atoms with van der Waals surface area (Å²) < 4.78 is 7.83. The summed E-state index contributed by atoms with van der Waals surface area (Å²) in [5.74, 6) is 1.69. The SMILES string of the molecule is N#CCCn1c(SCCOc2ccccc2)nc2ccccc21. The van der Waals surface area contributed by atoms with Gasteiger partial charge in [-0.15, -0.1) is 0 Å². The molecule has 0 unspecified atom stereocenters. The Morgan fingerprint density at radius 2 is 1.87 bits per heavy atom. The summed E-state index contributed by atoms with van der Waals surface area (Å²) in [6, 6.07) is 20.0. The third kappa shape index (κ3) is 3.85. The Morgan fingerprint density at radius 3 is 2.70 bits per heavy atom. The fourth-order valence-electron chi connectivity index (χ4n) is 2.35. The number of nitrogens with zero attached hydrogens (tertiary/aromatic N) is 3. The van der Waals surface area contributed by atoms with Crippen LogP contribution in [0.3, 0.4) is 0 Å². The third-order valence-corrected chi connectivity index (χ3v) is 4.33. The minimum atomic E-state index is 0.481. The average Bonchev–Trinajstić information content (AvgIpc) is 2.95. The van der Waals surface area contributed by atoms with Gasteiger partial charge in [-0.25, -0.2) is 4.98 Å². The van der Waals surface area contributed by atoms with Gasteiger partial charge in [-0.3, -0.25) is 0 Å². The molecule has 23 heavy (non-hydrogen) atoms. The number of nitriles is 1. The molecular weight excluding hydrogens is 306 g/mol. The van der Waals surface area contributed by atoms with Crippen LogP contribution in [0.15, 0.2) is 59.8 Å². The highest BCUT2D eigenvalue weighted by Gasteiger charge is 2.10. The van der Waals surface area contributed by atoms with Crippen molar-refractivity contribution in [3.05, 3.63) is 54.6 Å². The van der Waals surface area contributed by atoms with Crippen molar-refractivity contribution in [1.82, 2.24) is 9.55 Å². The molecule has 0 saturated carbocycles. The van der Waals surface area contributed by atoms with E-state index in [1.54, 1.807) is 11.8 Å². The number of fused-ring (bicyclic) bond motifs is 1. The van der Waals surface area contributed by atoms with E-state index in [1.165, 1.54) is 0 Å². The number of aromatic nitrogens is 2. The van der Waals surface area contributed by atoms with Crippen molar-refractivity contribution in [2.45, 2.75) is 18.1 Å². The highest BCUT2D eigenvalue weighted by Crippen LogP contribution is 2.24. The molecule has 116 valence electrons. The lowest BCUT2D eigenvalue weighted by atomic mass is 10.3. The number of imidazole rings is 1. The fourth-order valence-corrected chi connectivity index (χ4v) is 3.21. The summed E-state index contributed by atoms with van der Waals surface area (Å²) >= 11 is 1.66. The maximum absolute atomic E-state index is 8.86. The van der Waals surface area contributed by atoms with Gasteiger partial charge >= 0.3 is 0 Å². The van der Waals surface area contributed by atoms with E-state index in [0.29, 0.717) is 19.6 Å². The van der Waals surface area contributed by atoms with Crippen LogP contribution >= 0.6 is 11.8 Å². The zero-order chi connectivity index (χ0) is 15.9. The van der Waals surface area contributed by atoms with Crippen LogP contribution in [0.4, 0.5) is 0 Å². The van der Waals surface area contributed by atoms with E-state index in [4.69, 9.17) is 10.00 Å². The molecule has 0 aliphatic heterocycles. The first-order valence-electron chi connectivity index (χ1n) is 7.51. The topological polar surface area (TPSA) is 50.8 Å². The largest absolute Gasteiger partial charge is 0.493 e. The van der Waals surface area contributed by atoms with E-state index in [9.17, 15) is 0 Å². The highest BCUT2D eigenvalue weighted by molar-refractivity contribution is 7.99. The number of hydrogen-bond acceptors (Lipinski definition) is 4. The molecule has 0 N–H and O–H groups in total. The van der Waals surface area contributed by atoms with Crippen molar-refractivity contribution < 1.29 is 4.74 Å². The van der Waals surface area contributed by atoms with Crippen LogP contribution in [0.2, 0.25) is 0 Å². The second kappa shape index (κ2) is 7.70. The van der Waals surface area contributed by atoms with Crippen LogP contribution in [-0.4, -0.2) is 21.9 Å². The number of thioether (sulfide) groups is 1. The Kier molecular flexibility index (Phi) is 5.17. The van der Waals surface area contributed by atoms with Gasteiger partial charge in [0, 0.05) is 12.3 Å². The summed E-state index contributed by atoms with van der Waals surface area (Å²) in [4.78, 5) is 4.67. The van der Waals surface area contributed by atoms with Crippen molar-refractivity contribution in [1.29, 1.82) is 5.26 Å². The molecule has 2 aromatic carbocycles. The second-order valence-corrected chi connectivity index (χ2v) is 6.01. The van der Waals surface area contributed by atoms with E-state index in [1.807, 2.05) is 54.6 Å². The number of rotatable bonds is 7. The highest BCUT2D eigenvalue weighted by atomic mass is 32.2. The summed E-state index contributed by atoms with van der Waals surface area (Å²) in [6.07, 6.45) is 0.481. The average molecular weight is 323 g/mol. The maximum Gasteiger partial charge on any atom is 0.169 e. The predicted molar refractivity (Wildman–Crippen MR) is 92.6 cm³/mol. The number of hydrogen-bond donors (Lipinski definition) is 0. The lowest BCUT2D eigenvalue weighted by molar-refractivity contribution is 0.344. The molecule has 0 radical (unpaired) electrons. The molecule has 0 saturated heterocycles. The summed E-state index contributed by atoms with van der Waals surface area (Å²) in [5, 5.41) is 9.80. The van der Waals surface area contributed by atoms with Crippen LogP contribution in [0.5, 0.6) is 5.75 Å². The van der Waals surface area contributed by atoms with Crippen LogP contribution in [-0.2, 0) is 6.54 Å². The lowest BCUT2D eigenvalue weighted by Crippen LogP contribution is -2.03. The Balaban J connectivity index is 1.66. The molecule has 5 heteroatoms. The molecule has 0 aliphatic rings. The van der Waals surface area contributed by atoms with E-state index >= 15 is 0 Å². The van der Waals surface area contributed by atoms with Gasteiger partial charge in [-0.2, -0.15) is 5.26 Å². The standard InChI is InChI=1S/C18H17N3OS/c19-11-6-12-21-17-10-5-4-9-16(17)20-18(21)23-14-13-22-15-7-2-1-3-8-15/h1-5,7-10H,6,12-14H2. The Hall–Kier alpha value is -2.45. The lowest BCUT2D eigenvalue weighted by Gasteiger charge is -2.08. The number of para-hydroxylation sites is 3. The maximum atomic E-state index is 8.86. The van der Waals surface area contributed by atoms with Gasteiger partial charge in [-0.05, 0) is 24.3 Å². The summed E-state index contributed by atoms with van der Waals surface area (Å²) in [5.41, 5.74) is 2.05. The zero-order valence-electron chi connectivity index (χ0n) is 12.7. The Labute approximate surface area is 139 Å². The molecule has 0 amide bonds. The van der Waals surface area contributed by atoms with Crippen molar-refractivity contribution in [3.63, 3.8) is 0 Å². The molecule has 0 spiro atoms. The first-order chi connectivity index (χ1) is 11.4. The van der Waals surface area contributed by atoms with Gasteiger partial charge in [0.15, 0.2) is 5.16 Å². The van der Waals surface area contributed by atoms with Gasteiger partial charge in [-0.1, -0.05) is 42.1 Å². The van der Waals surface area contributed by atoms with Crippen LogP contribution in [0, 0.1) is 11.3 Å². The number of benzene rings is 2. The molecule has 1 heterocycles. The van der Waals surface area contributed by atoms with Gasteiger partial charge in [0.1, 0.15) is 5.75 Å². The third-order valence-electron chi connectivity index (χ3n) is 3.39. The fraction of sp³-hybridized carbons (Fsp3) is 0.222. The molecule has 0 aliphatic carbocycles. The normalized spacial score (nSPS) is 10.6. The van der Waals surface area contributed by atoms with Gasteiger partial charge in [0.25, 0.3) is 0 Å². The second-order valence-electron chi connectivity index (χ2n) is 4.95. The van der Waals surface area contributed by atoms with E-state index in [2.05, 4.69) is 15.6 Å². The molecule has 0 fully saturated rings. The van der Waals surface area contributed by atoms with Gasteiger partial charge < -0.3 is 9.30 Å². The van der Waals surface area contributed by atoms with E-state index < -0.39 is 0 Å². The van der Waals surface area contributed by atoms with Crippen LogP contribution < -0.4 is 4.74 Å². The number of ether oxygens (including phenoxy) is 1. The van der Waals surface area contributed by atoms with E-state index in [0.717, 1.165) is 27.7 Å². The number of aryl methyl sites for hydroxylation is 1. The summed E-state index contributed by atoms with van der Waals surface area (Å²) in [7, 11) is 0. The minimum absolute atomic E-state index is 0.481. The molecular formula is C18H17N3OS. The van der Waals surface area contributed by atoms with Gasteiger partial charge in [0.2, 0.25) is 0 Å². The van der Waals surface area contributed by atoms with Crippen LogP contribution in [0.1, 0.15) is 6.42 Å². The van der Waals surface area contributed by atoms with Crippen molar-refractivity contribution in [2.75, 3.05) is 12.4 Å². The predicted octanol–water partition coefficient (Wildman–Crippen LogP) is 4.12. The van der Waals surface area contributed by atoms with Crippen LogP contribution in [0.25, 0.3) is 11.0 Å². The minimum Gasteiger partial charge on any atom is -0.493 e. The Bertz CT molecular complexity index is 808. The first kappa shape index (κ1) is 15.4. The molecule has 1 aromatic heterocycles. The van der Waals surface area contributed by atoms with Crippen molar-refractivity contribution >= 4 is 22.8 Å². The summed E-state index contributed by atoms with van der Waals surface area (Å²) in [6.45, 7) is 1.29. The monoisotopic (exact) mass is 323 g/mol. The first-order valence-corrected chi connectivity index (χ1v) is 8.50. The van der Waals surface area contributed by atoms with Crippen molar-refractivity contribution in [3.8, 4) is 11.8 Å². The molecule has 3 aromatic rings. The zero-order valence-corrected chi connectivity index (χ0v) is 13.5.